The van der Waals surface area contributed by atoms with Crippen molar-refractivity contribution in [3.8, 4) is 0 Å². The van der Waals surface area contributed by atoms with E-state index in [0.717, 1.165) is 25.8 Å². The molecular weight excluding hydrogens is 256 g/mol. The number of amides is 1. The Morgan fingerprint density at radius 2 is 2.10 bits per heavy atom. The molecule has 2 aliphatic heterocycles. The van der Waals surface area contributed by atoms with Gasteiger partial charge in [0.1, 0.15) is 6.04 Å². The molecule has 0 aromatic rings. The lowest BCUT2D eigenvalue weighted by Gasteiger charge is -2.36. The van der Waals surface area contributed by atoms with Gasteiger partial charge < -0.3 is 15.3 Å². The lowest BCUT2D eigenvalue weighted by Crippen LogP contribution is -2.50. The van der Waals surface area contributed by atoms with Crippen molar-refractivity contribution >= 4 is 11.9 Å². The van der Waals surface area contributed by atoms with E-state index in [0.29, 0.717) is 31.3 Å². The van der Waals surface area contributed by atoms with Gasteiger partial charge in [-0.05, 0) is 44.6 Å². The predicted octanol–water partition coefficient (Wildman–Crippen LogP) is 1.62. The van der Waals surface area contributed by atoms with Gasteiger partial charge in [0.25, 0.3) is 0 Å². The Hall–Kier alpha value is -1.10. The van der Waals surface area contributed by atoms with Crippen LogP contribution in [0, 0.1) is 5.92 Å². The second-order valence-electron chi connectivity index (χ2n) is 6.26. The van der Waals surface area contributed by atoms with Crippen LogP contribution < -0.4 is 5.32 Å². The molecule has 3 unspecified atom stereocenters. The minimum atomic E-state index is -0.860. The largest absolute Gasteiger partial charge is 0.480 e. The van der Waals surface area contributed by atoms with E-state index < -0.39 is 12.0 Å². The highest BCUT2D eigenvalue weighted by Gasteiger charge is 2.34. The third-order valence-corrected chi connectivity index (χ3v) is 4.59. The van der Waals surface area contributed by atoms with Crippen molar-refractivity contribution in [3.05, 3.63) is 0 Å². The molecule has 5 heteroatoms. The zero-order chi connectivity index (χ0) is 14.5. The second-order valence-corrected chi connectivity index (χ2v) is 6.26. The van der Waals surface area contributed by atoms with Crippen LogP contribution in [0.4, 0.5) is 0 Å². The highest BCUT2D eigenvalue weighted by Crippen LogP contribution is 2.24. The number of nitrogens with zero attached hydrogens (tertiary/aromatic N) is 1. The van der Waals surface area contributed by atoms with Gasteiger partial charge in [0.15, 0.2) is 0 Å². The first-order valence-electron chi connectivity index (χ1n) is 7.83. The van der Waals surface area contributed by atoms with Gasteiger partial charge in [-0.3, -0.25) is 4.79 Å². The number of carboxylic acids is 1. The molecule has 20 heavy (non-hydrogen) atoms. The molecule has 0 aromatic heterocycles. The van der Waals surface area contributed by atoms with E-state index >= 15 is 0 Å². The van der Waals surface area contributed by atoms with Gasteiger partial charge in [0.05, 0.1) is 0 Å². The van der Waals surface area contributed by atoms with Crippen LogP contribution in [0.1, 0.15) is 51.9 Å². The lowest BCUT2D eigenvalue weighted by molar-refractivity contribution is -0.153. The Labute approximate surface area is 120 Å². The average molecular weight is 282 g/mol. The maximum Gasteiger partial charge on any atom is 0.326 e. The van der Waals surface area contributed by atoms with Gasteiger partial charge in [-0.15, -0.1) is 0 Å². The minimum absolute atomic E-state index is 0.0108. The summed E-state index contributed by atoms with van der Waals surface area (Å²) >= 11 is 0. The Morgan fingerprint density at radius 1 is 1.30 bits per heavy atom. The van der Waals surface area contributed by atoms with Crippen LogP contribution >= 0.6 is 0 Å². The van der Waals surface area contributed by atoms with E-state index in [1.807, 2.05) is 0 Å². The Bertz CT molecular complexity index is 353. The fraction of sp³-hybridized carbons (Fsp3) is 0.867. The highest BCUT2D eigenvalue weighted by molar-refractivity contribution is 5.83. The van der Waals surface area contributed by atoms with E-state index in [1.165, 1.54) is 12.8 Å². The summed E-state index contributed by atoms with van der Waals surface area (Å²) in [5, 5.41) is 12.7. The molecule has 2 fully saturated rings. The predicted molar refractivity (Wildman–Crippen MR) is 76.4 cm³/mol. The van der Waals surface area contributed by atoms with Crippen molar-refractivity contribution in [2.75, 3.05) is 13.1 Å². The molecule has 0 aromatic carbocycles. The van der Waals surface area contributed by atoms with Crippen molar-refractivity contribution in [3.63, 3.8) is 0 Å². The molecule has 2 rings (SSSR count). The van der Waals surface area contributed by atoms with Crippen LogP contribution in [0.3, 0.4) is 0 Å². The molecular formula is C15H26N2O3. The number of carbonyl (C=O) groups excluding carboxylic acids is 1. The molecule has 0 saturated carbocycles. The smallest absolute Gasteiger partial charge is 0.326 e. The summed E-state index contributed by atoms with van der Waals surface area (Å²) in [4.78, 5) is 25.2. The van der Waals surface area contributed by atoms with Gasteiger partial charge in [-0.1, -0.05) is 13.3 Å². The van der Waals surface area contributed by atoms with Crippen molar-refractivity contribution in [2.45, 2.75) is 64.0 Å². The number of hydrogen-bond acceptors (Lipinski definition) is 3. The third-order valence-electron chi connectivity index (χ3n) is 4.59. The molecule has 1 amide bonds. The molecule has 2 N–H and O–H groups in total. The molecule has 2 heterocycles. The number of rotatable bonds is 4. The number of hydrogen-bond donors (Lipinski definition) is 2. The zero-order valence-corrected chi connectivity index (χ0v) is 12.3. The van der Waals surface area contributed by atoms with Gasteiger partial charge in [0.2, 0.25) is 5.91 Å². The Morgan fingerprint density at radius 3 is 2.75 bits per heavy atom. The molecule has 114 valence electrons. The summed E-state index contributed by atoms with van der Waals surface area (Å²) in [7, 11) is 0. The molecule has 0 aliphatic carbocycles. The molecule has 0 radical (unpaired) electrons. The number of piperidine rings is 2. The monoisotopic (exact) mass is 282 g/mol. The van der Waals surface area contributed by atoms with E-state index in [2.05, 4.69) is 12.2 Å². The van der Waals surface area contributed by atoms with E-state index in [-0.39, 0.29) is 5.91 Å². The molecule has 3 atom stereocenters. The Kier molecular flexibility index (Phi) is 5.40. The third kappa shape index (κ3) is 3.95. The van der Waals surface area contributed by atoms with E-state index in [9.17, 15) is 14.7 Å². The van der Waals surface area contributed by atoms with Crippen LogP contribution in [0.25, 0.3) is 0 Å². The minimum Gasteiger partial charge on any atom is -0.480 e. The first-order chi connectivity index (χ1) is 9.58. The summed E-state index contributed by atoms with van der Waals surface area (Å²) in [6.45, 7) is 3.69. The number of likely N-dealkylation sites (tertiary alicyclic amines) is 1. The molecule has 5 nitrogen and oxygen atoms in total. The highest BCUT2D eigenvalue weighted by atomic mass is 16.4. The molecule has 0 bridgehead atoms. The van der Waals surface area contributed by atoms with Crippen molar-refractivity contribution in [2.24, 2.45) is 5.92 Å². The summed E-state index contributed by atoms with van der Waals surface area (Å²) in [6, 6.07) is -0.190. The quantitative estimate of drug-likeness (QED) is 0.822. The van der Waals surface area contributed by atoms with Crippen LogP contribution in [-0.2, 0) is 9.59 Å². The van der Waals surface area contributed by atoms with Gasteiger partial charge in [0, 0.05) is 19.0 Å². The lowest BCUT2D eigenvalue weighted by atomic mass is 9.91. The van der Waals surface area contributed by atoms with Crippen molar-refractivity contribution < 1.29 is 14.7 Å². The maximum absolute atomic E-state index is 12.3. The molecule has 2 aliphatic rings. The normalized spacial score (nSPS) is 31.1. The SMILES string of the molecule is CC1CCN(C(=O)CCC2CCCCN2)C(C(=O)O)C1. The second kappa shape index (κ2) is 7.07. The standard InChI is InChI=1S/C15H26N2O3/c1-11-7-9-17(13(10-11)15(19)20)14(18)6-5-12-4-2-3-8-16-12/h11-13,16H,2-10H2,1H3,(H,19,20). The zero-order valence-electron chi connectivity index (χ0n) is 12.3. The summed E-state index contributed by atoms with van der Waals surface area (Å²) < 4.78 is 0. The number of carbonyl (C=O) groups is 2. The van der Waals surface area contributed by atoms with Gasteiger partial charge >= 0.3 is 5.97 Å². The first-order valence-corrected chi connectivity index (χ1v) is 7.83. The number of carboxylic acid groups (broad SMARTS) is 1. The van der Waals surface area contributed by atoms with E-state index in [1.54, 1.807) is 4.90 Å². The van der Waals surface area contributed by atoms with Crippen LogP contribution in [0.5, 0.6) is 0 Å². The van der Waals surface area contributed by atoms with Crippen molar-refractivity contribution in [1.82, 2.24) is 10.2 Å². The maximum atomic E-state index is 12.3. The topological polar surface area (TPSA) is 69.6 Å². The average Bonchev–Trinajstić information content (AvgIpc) is 2.45. The fourth-order valence-corrected chi connectivity index (χ4v) is 3.29. The van der Waals surface area contributed by atoms with Gasteiger partial charge in [-0.25, -0.2) is 4.79 Å². The first kappa shape index (κ1) is 15.3. The van der Waals surface area contributed by atoms with Crippen molar-refractivity contribution in [1.29, 1.82) is 0 Å². The summed E-state index contributed by atoms with van der Waals surface area (Å²) in [6.07, 6.45) is 6.38. The number of nitrogens with one attached hydrogen (secondary N) is 1. The van der Waals surface area contributed by atoms with Crippen LogP contribution in [0.15, 0.2) is 0 Å². The summed E-state index contributed by atoms with van der Waals surface area (Å²) in [5.41, 5.74) is 0. The number of aliphatic carboxylic acids is 1. The van der Waals surface area contributed by atoms with Crippen LogP contribution in [-0.4, -0.2) is 47.1 Å². The Balaban J connectivity index is 1.84. The molecule has 2 saturated heterocycles. The molecule has 0 spiro atoms. The fourth-order valence-electron chi connectivity index (χ4n) is 3.29. The van der Waals surface area contributed by atoms with Gasteiger partial charge in [-0.2, -0.15) is 0 Å². The summed E-state index contributed by atoms with van der Waals surface area (Å²) in [5.74, 6) is -0.461. The van der Waals surface area contributed by atoms with E-state index in [4.69, 9.17) is 0 Å². The van der Waals surface area contributed by atoms with Crippen LogP contribution in [0.2, 0.25) is 0 Å².